The molecule has 3 unspecified atom stereocenters. The summed E-state index contributed by atoms with van der Waals surface area (Å²) in [6.07, 6.45) is 5.31. The molecule has 11 heavy (non-hydrogen) atoms. The Morgan fingerprint density at radius 2 is 1.82 bits per heavy atom. The van der Waals surface area contributed by atoms with Gasteiger partial charge in [0.05, 0.1) is 12.2 Å². The maximum Gasteiger partial charge on any atom is 0.0844 e. The summed E-state index contributed by atoms with van der Waals surface area (Å²) in [7, 11) is 0. The highest BCUT2D eigenvalue weighted by molar-refractivity contribution is 4.94. The third-order valence-corrected chi connectivity index (χ3v) is 3.23. The van der Waals surface area contributed by atoms with Gasteiger partial charge in [-0.2, -0.15) is 0 Å². The summed E-state index contributed by atoms with van der Waals surface area (Å²) >= 11 is 0. The summed E-state index contributed by atoms with van der Waals surface area (Å²) in [5, 5.41) is 0. The van der Waals surface area contributed by atoms with Crippen molar-refractivity contribution in [2.24, 2.45) is 11.3 Å². The monoisotopic (exact) mass is 154 g/mol. The van der Waals surface area contributed by atoms with Crippen LogP contribution in [0, 0.1) is 11.3 Å². The van der Waals surface area contributed by atoms with Crippen molar-refractivity contribution < 1.29 is 4.74 Å². The summed E-state index contributed by atoms with van der Waals surface area (Å²) in [5.41, 5.74) is 0.497. The van der Waals surface area contributed by atoms with Crippen molar-refractivity contribution in [1.82, 2.24) is 0 Å². The van der Waals surface area contributed by atoms with Crippen molar-refractivity contribution in [2.45, 2.75) is 52.2 Å². The predicted molar refractivity (Wildman–Crippen MR) is 45.5 cm³/mol. The predicted octanol–water partition coefficient (Wildman–Crippen LogP) is 2.60. The Balaban J connectivity index is 1.95. The second kappa shape index (κ2) is 2.22. The zero-order valence-corrected chi connectivity index (χ0v) is 7.76. The van der Waals surface area contributed by atoms with Crippen LogP contribution in [0.25, 0.3) is 0 Å². The van der Waals surface area contributed by atoms with Gasteiger partial charge < -0.3 is 4.74 Å². The smallest absolute Gasteiger partial charge is 0.0844 e. The average Bonchev–Trinajstić information content (AvgIpc) is 2.60. The summed E-state index contributed by atoms with van der Waals surface area (Å²) in [6, 6.07) is 0. The van der Waals surface area contributed by atoms with Crippen LogP contribution in [0.5, 0.6) is 0 Å². The van der Waals surface area contributed by atoms with E-state index < -0.39 is 0 Å². The van der Waals surface area contributed by atoms with Crippen molar-refractivity contribution >= 4 is 0 Å². The molecule has 0 spiro atoms. The standard InChI is InChI=1S/C10H18O/c1-10(2,3)7-4-5-8-9(6-7)11-8/h7-9H,4-6H2,1-3H3. The molecule has 1 saturated carbocycles. The van der Waals surface area contributed by atoms with Gasteiger partial charge in [0.2, 0.25) is 0 Å². The highest BCUT2D eigenvalue weighted by atomic mass is 16.6. The molecule has 1 heteroatoms. The van der Waals surface area contributed by atoms with E-state index in [2.05, 4.69) is 20.8 Å². The molecule has 0 radical (unpaired) electrons. The van der Waals surface area contributed by atoms with E-state index in [1.807, 2.05) is 0 Å². The van der Waals surface area contributed by atoms with Crippen LogP contribution < -0.4 is 0 Å². The van der Waals surface area contributed by atoms with Crippen molar-refractivity contribution in [2.75, 3.05) is 0 Å². The van der Waals surface area contributed by atoms with E-state index in [-0.39, 0.29) is 0 Å². The Labute approximate surface area is 69.1 Å². The number of hydrogen-bond acceptors (Lipinski definition) is 1. The first kappa shape index (κ1) is 7.60. The zero-order chi connectivity index (χ0) is 8.06. The first-order valence-electron chi connectivity index (χ1n) is 4.73. The molecular weight excluding hydrogens is 136 g/mol. The fourth-order valence-electron chi connectivity index (χ4n) is 2.19. The molecule has 2 rings (SSSR count). The van der Waals surface area contributed by atoms with E-state index >= 15 is 0 Å². The van der Waals surface area contributed by atoms with Gasteiger partial charge in [0.25, 0.3) is 0 Å². The topological polar surface area (TPSA) is 12.5 Å². The lowest BCUT2D eigenvalue weighted by Crippen LogP contribution is -2.25. The largest absolute Gasteiger partial charge is 0.370 e. The molecule has 64 valence electrons. The van der Waals surface area contributed by atoms with Gasteiger partial charge in [-0.3, -0.25) is 0 Å². The molecule has 2 fully saturated rings. The van der Waals surface area contributed by atoms with E-state index in [9.17, 15) is 0 Å². The number of ether oxygens (including phenoxy) is 1. The lowest BCUT2D eigenvalue weighted by molar-refractivity contribution is 0.191. The highest BCUT2D eigenvalue weighted by Gasteiger charge is 2.46. The summed E-state index contributed by atoms with van der Waals surface area (Å²) in [4.78, 5) is 0. The van der Waals surface area contributed by atoms with Gasteiger partial charge in [-0.15, -0.1) is 0 Å². The molecule has 0 aromatic heterocycles. The van der Waals surface area contributed by atoms with E-state index in [0.29, 0.717) is 17.6 Å². The number of epoxide rings is 1. The minimum atomic E-state index is 0.497. The number of hydrogen-bond donors (Lipinski definition) is 0. The van der Waals surface area contributed by atoms with E-state index in [1.54, 1.807) is 0 Å². The zero-order valence-electron chi connectivity index (χ0n) is 7.76. The number of rotatable bonds is 0. The van der Waals surface area contributed by atoms with Crippen LogP contribution in [0.4, 0.5) is 0 Å². The molecule has 0 N–H and O–H groups in total. The van der Waals surface area contributed by atoms with Crippen LogP contribution in [0.15, 0.2) is 0 Å². The first-order valence-corrected chi connectivity index (χ1v) is 4.73. The third kappa shape index (κ3) is 1.44. The maximum absolute atomic E-state index is 5.50. The molecule has 1 aliphatic heterocycles. The SMILES string of the molecule is CC(C)(C)C1CCC2OC2C1. The summed E-state index contributed by atoms with van der Waals surface area (Å²) in [5.74, 6) is 0.895. The molecule has 1 nitrogen and oxygen atoms in total. The fraction of sp³-hybridized carbons (Fsp3) is 1.00. The molecule has 3 atom stereocenters. The molecule has 0 aromatic carbocycles. The molecule has 0 bridgehead atoms. The maximum atomic E-state index is 5.50. The molecule has 1 aliphatic carbocycles. The second-order valence-electron chi connectivity index (χ2n) is 5.09. The first-order chi connectivity index (χ1) is 5.07. The third-order valence-electron chi connectivity index (χ3n) is 3.23. The minimum Gasteiger partial charge on any atom is -0.370 e. The van der Waals surface area contributed by atoms with Gasteiger partial charge in [-0.25, -0.2) is 0 Å². The molecule has 0 amide bonds. The Bertz CT molecular complexity index is 157. The quantitative estimate of drug-likeness (QED) is 0.489. The van der Waals surface area contributed by atoms with Gasteiger partial charge in [0, 0.05) is 0 Å². The number of fused-ring (bicyclic) bond motifs is 1. The Morgan fingerprint density at radius 1 is 1.09 bits per heavy atom. The summed E-state index contributed by atoms with van der Waals surface area (Å²) < 4.78 is 5.50. The van der Waals surface area contributed by atoms with E-state index in [0.717, 1.165) is 5.92 Å². The molecule has 1 heterocycles. The van der Waals surface area contributed by atoms with E-state index in [4.69, 9.17) is 4.74 Å². The second-order valence-corrected chi connectivity index (χ2v) is 5.09. The van der Waals surface area contributed by atoms with Gasteiger partial charge in [-0.05, 0) is 30.6 Å². The van der Waals surface area contributed by atoms with Crippen molar-refractivity contribution in [3.63, 3.8) is 0 Å². The fourth-order valence-corrected chi connectivity index (χ4v) is 2.19. The minimum absolute atomic E-state index is 0.497. The molecule has 1 saturated heterocycles. The lowest BCUT2D eigenvalue weighted by Gasteiger charge is -2.32. The highest BCUT2D eigenvalue weighted by Crippen LogP contribution is 2.45. The van der Waals surface area contributed by atoms with Gasteiger partial charge in [0.15, 0.2) is 0 Å². The van der Waals surface area contributed by atoms with Gasteiger partial charge >= 0.3 is 0 Å². The Hall–Kier alpha value is -0.0400. The molecule has 0 aromatic rings. The molecular formula is C10H18O. The Morgan fingerprint density at radius 3 is 2.36 bits per heavy atom. The van der Waals surface area contributed by atoms with Crippen molar-refractivity contribution in [1.29, 1.82) is 0 Å². The van der Waals surface area contributed by atoms with Crippen LogP contribution in [0.3, 0.4) is 0 Å². The van der Waals surface area contributed by atoms with Crippen molar-refractivity contribution in [3.8, 4) is 0 Å². The van der Waals surface area contributed by atoms with Crippen LogP contribution in [0.1, 0.15) is 40.0 Å². The lowest BCUT2D eigenvalue weighted by atomic mass is 9.72. The average molecular weight is 154 g/mol. The summed E-state index contributed by atoms with van der Waals surface area (Å²) in [6.45, 7) is 7.04. The normalized spacial score (nSPS) is 43.4. The van der Waals surface area contributed by atoms with Crippen LogP contribution >= 0.6 is 0 Å². The van der Waals surface area contributed by atoms with Crippen molar-refractivity contribution in [3.05, 3.63) is 0 Å². The Kier molecular flexibility index (Phi) is 1.54. The van der Waals surface area contributed by atoms with Gasteiger partial charge in [-0.1, -0.05) is 20.8 Å². The van der Waals surface area contributed by atoms with Crippen LogP contribution in [-0.4, -0.2) is 12.2 Å². The van der Waals surface area contributed by atoms with Crippen LogP contribution in [-0.2, 0) is 4.74 Å². The van der Waals surface area contributed by atoms with Crippen LogP contribution in [0.2, 0.25) is 0 Å². The van der Waals surface area contributed by atoms with Gasteiger partial charge in [0.1, 0.15) is 0 Å². The van der Waals surface area contributed by atoms with E-state index in [1.165, 1.54) is 19.3 Å². The molecule has 2 aliphatic rings.